The Hall–Kier alpha value is -1.58. The van der Waals surface area contributed by atoms with Crippen molar-refractivity contribution in [1.29, 1.82) is 0 Å². The molecular weight excluding hydrogens is 288 g/mol. The summed E-state index contributed by atoms with van der Waals surface area (Å²) in [5.74, 6) is -0.706. The van der Waals surface area contributed by atoms with Crippen LogP contribution in [0, 0.1) is 5.82 Å². The normalized spacial score (nSPS) is 10.5. The standard InChI is InChI=1S/C14H10Cl2FNO/c15-10-2-3-12(17)9(5-10)7-14(19)8-1-4-13(18)11(16)6-8/h1-6H,7,18H2. The van der Waals surface area contributed by atoms with Crippen molar-refractivity contribution in [3.8, 4) is 0 Å². The topological polar surface area (TPSA) is 43.1 Å². The van der Waals surface area contributed by atoms with Crippen LogP contribution in [0.3, 0.4) is 0 Å². The summed E-state index contributed by atoms with van der Waals surface area (Å²) in [6.07, 6.45) is -0.0767. The van der Waals surface area contributed by atoms with E-state index in [4.69, 9.17) is 28.9 Å². The highest BCUT2D eigenvalue weighted by Gasteiger charge is 2.12. The number of hydrogen-bond donors (Lipinski definition) is 1. The molecule has 0 heterocycles. The molecule has 2 aromatic rings. The molecule has 0 saturated heterocycles. The number of nitrogen functional groups attached to an aromatic ring is 1. The van der Waals surface area contributed by atoms with Gasteiger partial charge in [-0.05, 0) is 42.0 Å². The molecule has 0 spiro atoms. The van der Waals surface area contributed by atoms with Gasteiger partial charge in [0.25, 0.3) is 0 Å². The van der Waals surface area contributed by atoms with Crippen molar-refractivity contribution in [3.05, 3.63) is 63.4 Å². The summed E-state index contributed by atoms with van der Waals surface area (Å²) >= 11 is 11.6. The fraction of sp³-hybridized carbons (Fsp3) is 0.0714. The number of ketones is 1. The van der Waals surface area contributed by atoms with Gasteiger partial charge in [-0.1, -0.05) is 23.2 Å². The molecule has 0 aliphatic rings. The third kappa shape index (κ3) is 3.25. The Balaban J connectivity index is 2.25. The van der Waals surface area contributed by atoms with Gasteiger partial charge in [0.1, 0.15) is 5.82 Å². The van der Waals surface area contributed by atoms with Crippen LogP contribution >= 0.6 is 23.2 Å². The van der Waals surface area contributed by atoms with E-state index in [-0.39, 0.29) is 17.8 Å². The zero-order chi connectivity index (χ0) is 14.0. The van der Waals surface area contributed by atoms with Crippen LogP contribution in [-0.2, 0) is 6.42 Å². The highest BCUT2D eigenvalue weighted by Crippen LogP contribution is 2.22. The highest BCUT2D eigenvalue weighted by atomic mass is 35.5. The number of benzene rings is 2. The predicted octanol–water partition coefficient (Wildman–Crippen LogP) is 4.14. The molecule has 98 valence electrons. The van der Waals surface area contributed by atoms with Crippen molar-refractivity contribution in [1.82, 2.24) is 0 Å². The van der Waals surface area contributed by atoms with E-state index in [1.54, 1.807) is 12.1 Å². The van der Waals surface area contributed by atoms with Crippen LogP contribution in [0.2, 0.25) is 10.0 Å². The van der Waals surface area contributed by atoms with E-state index in [2.05, 4.69) is 0 Å². The first-order valence-electron chi connectivity index (χ1n) is 5.49. The highest BCUT2D eigenvalue weighted by molar-refractivity contribution is 6.33. The van der Waals surface area contributed by atoms with Gasteiger partial charge < -0.3 is 5.73 Å². The molecule has 0 atom stereocenters. The van der Waals surface area contributed by atoms with E-state index < -0.39 is 5.82 Å². The van der Waals surface area contributed by atoms with Crippen molar-refractivity contribution in [3.63, 3.8) is 0 Å². The maximum absolute atomic E-state index is 13.5. The lowest BCUT2D eigenvalue weighted by atomic mass is 10.0. The minimum absolute atomic E-state index is 0.0767. The van der Waals surface area contributed by atoms with E-state index >= 15 is 0 Å². The maximum atomic E-state index is 13.5. The summed E-state index contributed by atoms with van der Waals surface area (Å²) in [7, 11) is 0. The largest absolute Gasteiger partial charge is 0.398 e. The molecular formula is C14H10Cl2FNO. The van der Waals surface area contributed by atoms with Gasteiger partial charge in [-0.25, -0.2) is 4.39 Å². The Kier molecular flexibility index (Phi) is 4.08. The van der Waals surface area contributed by atoms with E-state index in [1.165, 1.54) is 24.3 Å². The average Bonchev–Trinajstić information content (AvgIpc) is 2.37. The first-order valence-corrected chi connectivity index (χ1v) is 6.25. The predicted molar refractivity (Wildman–Crippen MR) is 75.3 cm³/mol. The van der Waals surface area contributed by atoms with E-state index in [0.717, 1.165) is 0 Å². The molecule has 2 N–H and O–H groups in total. The van der Waals surface area contributed by atoms with Gasteiger partial charge in [0.15, 0.2) is 5.78 Å². The van der Waals surface area contributed by atoms with Gasteiger partial charge in [0.2, 0.25) is 0 Å². The minimum Gasteiger partial charge on any atom is -0.398 e. The molecule has 0 amide bonds. The fourth-order valence-electron chi connectivity index (χ4n) is 1.65. The molecule has 0 saturated carbocycles. The van der Waals surface area contributed by atoms with E-state index in [9.17, 15) is 9.18 Å². The van der Waals surface area contributed by atoms with Gasteiger partial charge in [-0.15, -0.1) is 0 Å². The summed E-state index contributed by atoms with van der Waals surface area (Å²) < 4.78 is 13.5. The van der Waals surface area contributed by atoms with Gasteiger partial charge >= 0.3 is 0 Å². The van der Waals surface area contributed by atoms with Crippen LogP contribution in [0.5, 0.6) is 0 Å². The number of carbonyl (C=O) groups excluding carboxylic acids is 1. The molecule has 5 heteroatoms. The molecule has 2 nitrogen and oxygen atoms in total. The molecule has 0 radical (unpaired) electrons. The summed E-state index contributed by atoms with van der Waals surface area (Å²) in [5, 5.41) is 0.692. The Labute approximate surface area is 119 Å². The van der Waals surface area contributed by atoms with Gasteiger partial charge in [0, 0.05) is 17.0 Å². The summed E-state index contributed by atoms with van der Waals surface area (Å²) in [6, 6.07) is 8.69. The first-order chi connectivity index (χ1) is 8.97. The van der Waals surface area contributed by atoms with Crippen LogP contribution in [0.1, 0.15) is 15.9 Å². The van der Waals surface area contributed by atoms with Crippen LogP contribution < -0.4 is 5.73 Å². The molecule has 2 aromatic carbocycles. The number of halogens is 3. The Morgan fingerprint density at radius 1 is 1.16 bits per heavy atom. The van der Waals surface area contributed by atoms with Crippen molar-refractivity contribution in [2.24, 2.45) is 0 Å². The second kappa shape index (κ2) is 5.59. The fourth-order valence-corrected chi connectivity index (χ4v) is 2.03. The van der Waals surface area contributed by atoms with Gasteiger partial charge in [-0.2, -0.15) is 0 Å². The number of Topliss-reactive ketones (excluding diaryl/α,β-unsaturated/α-hetero) is 1. The molecule has 0 bridgehead atoms. The van der Waals surface area contributed by atoms with Gasteiger partial charge in [0.05, 0.1) is 10.7 Å². The Bertz CT molecular complexity index is 643. The van der Waals surface area contributed by atoms with E-state index in [0.29, 0.717) is 21.3 Å². The number of carbonyl (C=O) groups is 1. The number of nitrogens with two attached hydrogens (primary N) is 1. The number of anilines is 1. The first kappa shape index (κ1) is 13.8. The smallest absolute Gasteiger partial charge is 0.167 e. The lowest BCUT2D eigenvalue weighted by molar-refractivity contribution is 0.0992. The van der Waals surface area contributed by atoms with Crippen LogP contribution in [0.4, 0.5) is 10.1 Å². The van der Waals surface area contributed by atoms with Crippen molar-refractivity contribution in [2.45, 2.75) is 6.42 Å². The minimum atomic E-state index is -0.459. The van der Waals surface area contributed by atoms with Crippen molar-refractivity contribution in [2.75, 3.05) is 5.73 Å². The Morgan fingerprint density at radius 2 is 1.89 bits per heavy atom. The Morgan fingerprint density at radius 3 is 2.58 bits per heavy atom. The SMILES string of the molecule is Nc1ccc(C(=O)Cc2cc(Cl)ccc2F)cc1Cl. The molecule has 2 rings (SSSR count). The number of rotatable bonds is 3. The van der Waals surface area contributed by atoms with Gasteiger partial charge in [-0.3, -0.25) is 4.79 Å². The van der Waals surface area contributed by atoms with Crippen molar-refractivity contribution < 1.29 is 9.18 Å². The maximum Gasteiger partial charge on any atom is 0.167 e. The van der Waals surface area contributed by atoms with E-state index in [1.807, 2.05) is 0 Å². The summed E-state index contributed by atoms with van der Waals surface area (Å²) in [4.78, 5) is 12.0. The molecule has 0 aliphatic carbocycles. The van der Waals surface area contributed by atoms with Crippen molar-refractivity contribution >= 4 is 34.7 Å². The van der Waals surface area contributed by atoms with Crippen LogP contribution in [0.25, 0.3) is 0 Å². The quantitative estimate of drug-likeness (QED) is 0.683. The summed E-state index contributed by atoms with van der Waals surface area (Å²) in [5.41, 5.74) is 6.60. The second-order valence-corrected chi connectivity index (χ2v) is 4.92. The van der Waals surface area contributed by atoms with Crippen LogP contribution in [0.15, 0.2) is 36.4 Å². The lowest BCUT2D eigenvalue weighted by Crippen LogP contribution is -2.05. The summed E-state index contributed by atoms with van der Waals surface area (Å²) in [6.45, 7) is 0. The average molecular weight is 298 g/mol. The molecule has 0 aromatic heterocycles. The zero-order valence-electron chi connectivity index (χ0n) is 9.79. The monoisotopic (exact) mass is 297 g/mol. The molecule has 0 aliphatic heterocycles. The zero-order valence-corrected chi connectivity index (χ0v) is 11.3. The number of hydrogen-bond acceptors (Lipinski definition) is 2. The third-order valence-corrected chi connectivity index (χ3v) is 3.24. The van der Waals surface area contributed by atoms with Crippen LogP contribution in [-0.4, -0.2) is 5.78 Å². The lowest BCUT2D eigenvalue weighted by Gasteiger charge is -2.05. The second-order valence-electron chi connectivity index (χ2n) is 4.07. The third-order valence-electron chi connectivity index (χ3n) is 2.68. The molecule has 0 fully saturated rings. The molecule has 0 unspecified atom stereocenters. The molecule has 19 heavy (non-hydrogen) atoms.